The smallest absolute Gasteiger partial charge is 0.152 e. The molecule has 0 atom stereocenters. The minimum absolute atomic E-state index is 0.237. The van der Waals surface area contributed by atoms with Crippen molar-refractivity contribution in [1.82, 2.24) is 5.32 Å². The highest BCUT2D eigenvalue weighted by Gasteiger charge is 2.34. The number of hydrogen-bond acceptors (Lipinski definition) is 3. The summed E-state index contributed by atoms with van der Waals surface area (Å²) in [5, 5.41) is 3.25. The fraction of sp³-hybridized carbons (Fsp3) is 1.00. The second-order valence-electron chi connectivity index (χ2n) is 6.05. The van der Waals surface area contributed by atoms with Crippen LogP contribution in [0.25, 0.3) is 0 Å². The molecule has 1 saturated carbocycles. The molecule has 0 aromatic rings. The highest BCUT2D eigenvalue weighted by atomic mass is 32.2. The van der Waals surface area contributed by atoms with Crippen molar-refractivity contribution >= 4 is 9.84 Å². The average molecular weight is 275 g/mol. The fourth-order valence-corrected chi connectivity index (χ4v) is 3.95. The molecular formula is C14H29NO2S. The summed E-state index contributed by atoms with van der Waals surface area (Å²) in [6.07, 6.45) is 6.88. The Labute approximate surface area is 113 Å². The molecule has 1 fully saturated rings. The summed E-state index contributed by atoms with van der Waals surface area (Å²) in [5.41, 5.74) is 0.247. The third-order valence-corrected chi connectivity index (χ3v) is 6.44. The van der Waals surface area contributed by atoms with Crippen molar-refractivity contribution in [3.63, 3.8) is 0 Å². The molecule has 1 aliphatic rings. The summed E-state index contributed by atoms with van der Waals surface area (Å²) in [4.78, 5) is 0. The molecular weight excluding hydrogens is 246 g/mol. The van der Waals surface area contributed by atoms with Gasteiger partial charge in [0.05, 0.1) is 11.0 Å². The van der Waals surface area contributed by atoms with Gasteiger partial charge in [-0.15, -0.1) is 0 Å². The van der Waals surface area contributed by atoms with Crippen molar-refractivity contribution in [2.45, 2.75) is 64.5 Å². The Morgan fingerprint density at radius 2 is 1.83 bits per heavy atom. The van der Waals surface area contributed by atoms with E-state index in [-0.39, 0.29) is 10.7 Å². The zero-order valence-corrected chi connectivity index (χ0v) is 13.0. The van der Waals surface area contributed by atoms with Gasteiger partial charge in [0, 0.05) is 6.54 Å². The first-order chi connectivity index (χ1) is 8.42. The highest BCUT2D eigenvalue weighted by Crippen LogP contribution is 2.41. The summed E-state index contributed by atoms with van der Waals surface area (Å²) < 4.78 is 23.9. The van der Waals surface area contributed by atoms with Gasteiger partial charge in [-0.3, -0.25) is 0 Å². The first-order valence-electron chi connectivity index (χ1n) is 7.34. The van der Waals surface area contributed by atoms with E-state index in [4.69, 9.17) is 0 Å². The van der Waals surface area contributed by atoms with Gasteiger partial charge >= 0.3 is 0 Å². The molecule has 108 valence electrons. The average Bonchev–Trinajstić information content (AvgIpc) is 2.76. The summed E-state index contributed by atoms with van der Waals surface area (Å²) in [6.45, 7) is 7.77. The summed E-state index contributed by atoms with van der Waals surface area (Å²) in [6, 6.07) is 0. The van der Waals surface area contributed by atoms with E-state index in [1.165, 1.54) is 25.7 Å². The third kappa shape index (κ3) is 4.54. The predicted octanol–water partition coefficient (Wildman–Crippen LogP) is 2.76. The fourth-order valence-electron chi connectivity index (χ4n) is 2.76. The molecule has 18 heavy (non-hydrogen) atoms. The van der Waals surface area contributed by atoms with E-state index in [2.05, 4.69) is 12.2 Å². The van der Waals surface area contributed by atoms with Gasteiger partial charge in [0.15, 0.2) is 9.84 Å². The number of nitrogens with one attached hydrogen (secondary N) is 1. The molecule has 3 nitrogen and oxygen atoms in total. The zero-order valence-electron chi connectivity index (χ0n) is 12.2. The van der Waals surface area contributed by atoms with Crippen LogP contribution in [0.4, 0.5) is 0 Å². The van der Waals surface area contributed by atoms with Crippen LogP contribution in [0.15, 0.2) is 0 Å². The number of rotatable bonds is 8. The zero-order chi connectivity index (χ0) is 13.6. The second kappa shape index (κ2) is 6.90. The lowest BCUT2D eigenvalue weighted by molar-refractivity contribution is 0.270. The third-order valence-electron chi connectivity index (χ3n) is 4.23. The molecule has 0 aromatic carbocycles. The van der Waals surface area contributed by atoms with Crippen LogP contribution >= 0.6 is 0 Å². The van der Waals surface area contributed by atoms with E-state index in [1.54, 1.807) is 13.8 Å². The molecule has 0 heterocycles. The molecule has 0 radical (unpaired) electrons. The lowest BCUT2D eigenvalue weighted by Crippen LogP contribution is -2.35. The van der Waals surface area contributed by atoms with Crippen LogP contribution in [0.5, 0.6) is 0 Å². The Hall–Kier alpha value is -0.0900. The van der Waals surface area contributed by atoms with Crippen LogP contribution in [0, 0.1) is 5.41 Å². The molecule has 0 bridgehead atoms. The molecule has 0 aliphatic heterocycles. The van der Waals surface area contributed by atoms with Crippen molar-refractivity contribution in [2.75, 3.05) is 18.8 Å². The van der Waals surface area contributed by atoms with E-state index in [0.717, 1.165) is 25.9 Å². The van der Waals surface area contributed by atoms with Crippen LogP contribution in [-0.2, 0) is 9.84 Å². The maximum Gasteiger partial charge on any atom is 0.152 e. The van der Waals surface area contributed by atoms with Gasteiger partial charge in [-0.1, -0.05) is 19.8 Å². The predicted molar refractivity (Wildman–Crippen MR) is 77.6 cm³/mol. The normalized spacial score (nSPS) is 19.6. The molecule has 1 aliphatic carbocycles. The topological polar surface area (TPSA) is 46.2 Å². The Morgan fingerprint density at radius 1 is 1.22 bits per heavy atom. The first kappa shape index (κ1) is 16.0. The second-order valence-corrected chi connectivity index (χ2v) is 8.73. The van der Waals surface area contributed by atoms with Crippen LogP contribution in [0.3, 0.4) is 0 Å². The molecule has 0 aromatic heterocycles. The molecule has 1 N–H and O–H groups in total. The Kier molecular flexibility index (Phi) is 6.12. The van der Waals surface area contributed by atoms with Gasteiger partial charge in [-0.25, -0.2) is 8.42 Å². The van der Waals surface area contributed by atoms with Gasteiger partial charge in [0.1, 0.15) is 0 Å². The largest absolute Gasteiger partial charge is 0.316 e. The number of hydrogen-bond donors (Lipinski definition) is 1. The molecule has 4 heteroatoms. The lowest BCUT2D eigenvalue weighted by Gasteiger charge is -2.29. The van der Waals surface area contributed by atoms with E-state index >= 15 is 0 Å². The van der Waals surface area contributed by atoms with Crippen molar-refractivity contribution in [3.05, 3.63) is 0 Å². The Morgan fingerprint density at radius 3 is 2.33 bits per heavy atom. The van der Waals surface area contributed by atoms with Crippen LogP contribution in [0.1, 0.15) is 59.3 Å². The summed E-state index contributed by atoms with van der Waals surface area (Å²) >= 11 is 0. The molecule has 0 amide bonds. The van der Waals surface area contributed by atoms with Crippen molar-refractivity contribution < 1.29 is 8.42 Å². The van der Waals surface area contributed by atoms with Gasteiger partial charge in [0.25, 0.3) is 0 Å². The maximum atomic E-state index is 11.9. The van der Waals surface area contributed by atoms with Gasteiger partial charge < -0.3 is 5.32 Å². The Balaban J connectivity index is 2.53. The quantitative estimate of drug-likeness (QED) is 0.693. The molecule has 0 spiro atoms. The SMILES string of the molecule is CCCNCC1(CCS(=O)(=O)C(C)C)CCCC1. The van der Waals surface area contributed by atoms with E-state index in [0.29, 0.717) is 5.75 Å². The minimum atomic E-state index is -2.88. The van der Waals surface area contributed by atoms with Crippen LogP contribution in [0.2, 0.25) is 0 Å². The molecule has 0 unspecified atom stereocenters. The summed E-state index contributed by atoms with van der Waals surface area (Å²) in [5.74, 6) is 0.360. The van der Waals surface area contributed by atoms with Crippen LogP contribution in [-0.4, -0.2) is 32.5 Å². The standard InChI is InChI=1S/C14H29NO2S/c1-4-10-15-12-14(7-5-6-8-14)9-11-18(16,17)13(2)3/h13,15H,4-12H2,1-3H3. The van der Waals surface area contributed by atoms with Crippen LogP contribution < -0.4 is 5.32 Å². The lowest BCUT2D eigenvalue weighted by atomic mass is 9.83. The first-order valence-corrected chi connectivity index (χ1v) is 9.06. The van der Waals surface area contributed by atoms with Crippen molar-refractivity contribution in [3.8, 4) is 0 Å². The van der Waals surface area contributed by atoms with Gasteiger partial charge in [0.2, 0.25) is 0 Å². The van der Waals surface area contributed by atoms with E-state index < -0.39 is 9.84 Å². The summed E-state index contributed by atoms with van der Waals surface area (Å²) in [7, 11) is -2.88. The molecule has 0 saturated heterocycles. The molecule has 1 rings (SSSR count). The van der Waals surface area contributed by atoms with E-state index in [9.17, 15) is 8.42 Å². The monoisotopic (exact) mass is 275 g/mol. The Bertz CT molecular complexity index is 330. The van der Waals surface area contributed by atoms with Crippen molar-refractivity contribution in [1.29, 1.82) is 0 Å². The van der Waals surface area contributed by atoms with E-state index in [1.807, 2.05) is 0 Å². The highest BCUT2D eigenvalue weighted by molar-refractivity contribution is 7.91. The van der Waals surface area contributed by atoms with Gasteiger partial charge in [-0.05, 0) is 51.5 Å². The van der Waals surface area contributed by atoms with Gasteiger partial charge in [-0.2, -0.15) is 0 Å². The minimum Gasteiger partial charge on any atom is -0.316 e. The maximum absolute atomic E-state index is 11.9. The number of sulfone groups is 1. The van der Waals surface area contributed by atoms with Crippen molar-refractivity contribution in [2.24, 2.45) is 5.41 Å².